The van der Waals surface area contributed by atoms with Gasteiger partial charge in [0.25, 0.3) is 0 Å². The van der Waals surface area contributed by atoms with Gasteiger partial charge in [-0.25, -0.2) is 9.97 Å². The molecule has 1 aliphatic rings. The van der Waals surface area contributed by atoms with Gasteiger partial charge in [-0.1, -0.05) is 0 Å². The second-order valence-corrected chi connectivity index (χ2v) is 4.54. The topological polar surface area (TPSA) is 46.1 Å². The highest BCUT2D eigenvalue weighted by atomic mass is 32.1. The molecule has 4 nitrogen and oxygen atoms in total. The minimum atomic E-state index is 0.136. The number of thiol groups is 1. The van der Waals surface area contributed by atoms with Crippen LogP contribution in [0.5, 0.6) is 0 Å². The Morgan fingerprint density at radius 3 is 2.81 bits per heavy atom. The van der Waals surface area contributed by atoms with Crippen molar-refractivity contribution in [3.8, 4) is 0 Å². The summed E-state index contributed by atoms with van der Waals surface area (Å²) in [5.74, 6) is 2.64. The van der Waals surface area contributed by atoms with Crippen LogP contribution < -0.4 is 4.90 Å². The van der Waals surface area contributed by atoms with Crippen LogP contribution in [0.25, 0.3) is 0 Å². The lowest BCUT2D eigenvalue weighted by Gasteiger charge is -2.16. The van der Waals surface area contributed by atoms with Gasteiger partial charge in [0.1, 0.15) is 11.6 Å². The summed E-state index contributed by atoms with van der Waals surface area (Å²) in [6.45, 7) is 4.47. The molecule has 1 saturated heterocycles. The van der Waals surface area contributed by atoms with Crippen LogP contribution in [0.15, 0.2) is 6.07 Å². The predicted octanol–water partition coefficient (Wildman–Crippen LogP) is 1.38. The van der Waals surface area contributed by atoms with Crippen LogP contribution in [0.1, 0.15) is 17.9 Å². The highest BCUT2D eigenvalue weighted by molar-refractivity contribution is 7.80. The van der Waals surface area contributed by atoms with Gasteiger partial charge >= 0.3 is 0 Å². The number of carbonyl (C=O) groups is 1. The molecule has 0 spiro atoms. The second kappa shape index (κ2) is 4.41. The standard InChI is InChI=1S/C11H15N3OS/c1-7-3-10(13-8(2)12-7)14-5-9(6-16)4-11(14)15/h3,9,16H,4-6H2,1-2H3. The number of carbonyl (C=O) groups excluding carboxylic acids is 1. The van der Waals surface area contributed by atoms with Crippen molar-refractivity contribution in [2.75, 3.05) is 17.2 Å². The quantitative estimate of drug-likeness (QED) is 0.790. The van der Waals surface area contributed by atoms with E-state index in [0.29, 0.717) is 18.2 Å². The van der Waals surface area contributed by atoms with E-state index in [1.807, 2.05) is 19.9 Å². The first-order valence-electron chi connectivity index (χ1n) is 5.33. The molecular formula is C11H15N3OS. The number of aryl methyl sites for hydroxylation is 2. The van der Waals surface area contributed by atoms with Crippen molar-refractivity contribution >= 4 is 24.4 Å². The summed E-state index contributed by atoms with van der Waals surface area (Å²) < 4.78 is 0. The molecule has 1 aromatic rings. The molecule has 0 radical (unpaired) electrons. The van der Waals surface area contributed by atoms with E-state index in [1.165, 1.54) is 0 Å². The number of nitrogens with zero attached hydrogens (tertiary/aromatic N) is 3. The van der Waals surface area contributed by atoms with Crippen LogP contribution in [-0.2, 0) is 4.79 Å². The zero-order valence-corrected chi connectivity index (χ0v) is 10.4. The van der Waals surface area contributed by atoms with Gasteiger partial charge in [0.15, 0.2) is 0 Å². The van der Waals surface area contributed by atoms with Crippen LogP contribution in [0.4, 0.5) is 5.82 Å². The minimum Gasteiger partial charge on any atom is -0.296 e. The molecule has 1 aliphatic heterocycles. The molecule has 0 bridgehead atoms. The van der Waals surface area contributed by atoms with Crippen LogP contribution in [0.3, 0.4) is 0 Å². The first-order chi connectivity index (χ1) is 7.60. The number of rotatable bonds is 2. The fourth-order valence-electron chi connectivity index (χ4n) is 1.96. The van der Waals surface area contributed by atoms with Gasteiger partial charge in [-0.15, -0.1) is 0 Å². The third-order valence-corrected chi connectivity index (χ3v) is 3.21. The minimum absolute atomic E-state index is 0.136. The fraction of sp³-hybridized carbons (Fsp3) is 0.545. The third kappa shape index (κ3) is 2.19. The highest BCUT2D eigenvalue weighted by Crippen LogP contribution is 2.24. The number of hydrogen-bond donors (Lipinski definition) is 1. The summed E-state index contributed by atoms with van der Waals surface area (Å²) >= 11 is 4.24. The van der Waals surface area contributed by atoms with Gasteiger partial charge in [0, 0.05) is 24.7 Å². The molecule has 0 N–H and O–H groups in total. The highest BCUT2D eigenvalue weighted by Gasteiger charge is 2.30. The Morgan fingerprint density at radius 2 is 2.25 bits per heavy atom. The van der Waals surface area contributed by atoms with Crippen molar-refractivity contribution < 1.29 is 4.79 Å². The Morgan fingerprint density at radius 1 is 1.50 bits per heavy atom. The van der Waals surface area contributed by atoms with Gasteiger partial charge in [-0.3, -0.25) is 9.69 Å². The van der Waals surface area contributed by atoms with Gasteiger partial charge < -0.3 is 0 Å². The summed E-state index contributed by atoms with van der Waals surface area (Å²) in [6.07, 6.45) is 0.575. The second-order valence-electron chi connectivity index (χ2n) is 4.17. The van der Waals surface area contributed by atoms with Crippen molar-refractivity contribution in [1.29, 1.82) is 0 Å². The third-order valence-electron chi connectivity index (χ3n) is 2.69. The summed E-state index contributed by atoms with van der Waals surface area (Å²) in [5, 5.41) is 0. The normalized spacial score (nSPS) is 20.6. The Balaban J connectivity index is 2.27. The average Bonchev–Trinajstić information content (AvgIpc) is 2.58. The molecule has 1 atom stereocenters. The summed E-state index contributed by atoms with van der Waals surface area (Å²) in [4.78, 5) is 22.0. The zero-order valence-electron chi connectivity index (χ0n) is 9.47. The molecule has 16 heavy (non-hydrogen) atoms. The van der Waals surface area contributed by atoms with Crippen LogP contribution in [-0.4, -0.2) is 28.2 Å². The van der Waals surface area contributed by atoms with Crippen molar-refractivity contribution in [2.45, 2.75) is 20.3 Å². The molecule has 2 rings (SSSR count). The van der Waals surface area contributed by atoms with Gasteiger partial charge in [0.2, 0.25) is 5.91 Å². The van der Waals surface area contributed by atoms with Crippen molar-refractivity contribution in [2.24, 2.45) is 5.92 Å². The van der Waals surface area contributed by atoms with E-state index < -0.39 is 0 Å². The lowest BCUT2D eigenvalue weighted by atomic mass is 10.1. The van der Waals surface area contributed by atoms with Crippen LogP contribution in [0, 0.1) is 19.8 Å². The summed E-state index contributed by atoms with van der Waals surface area (Å²) in [7, 11) is 0. The molecule has 0 aliphatic carbocycles. The van der Waals surface area contributed by atoms with E-state index in [4.69, 9.17) is 0 Å². The smallest absolute Gasteiger partial charge is 0.228 e. The summed E-state index contributed by atoms with van der Waals surface area (Å²) in [5.41, 5.74) is 0.893. The fourth-order valence-corrected chi connectivity index (χ4v) is 2.21. The number of anilines is 1. The van der Waals surface area contributed by atoms with Gasteiger partial charge in [-0.2, -0.15) is 12.6 Å². The molecule has 1 unspecified atom stereocenters. The predicted molar refractivity (Wildman–Crippen MR) is 65.8 cm³/mol. The Bertz CT molecular complexity index is 401. The van der Waals surface area contributed by atoms with Crippen LogP contribution >= 0.6 is 12.6 Å². The molecular weight excluding hydrogens is 222 g/mol. The number of amides is 1. The lowest BCUT2D eigenvalue weighted by molar-refractivity contribution is -0.117. The largest absolute Gasteiger partial charge is 0.296 e. The molecule has 0 saturated carbocycles. The van der Waals surface area contributed by atoms with Gasteiger partial charge in [-0.05, 0) is 25.5 Å². The molecule has 2 heterocycles. The summed E-state index contributed by atoms with van der Waals surface area (Å²) in [6, 6.07) is 1.85. The van der Waals surface area contributed by atoms with E-state index in [2.05, 4.69) is 22.6 Å². The molecule has 1 aromatic heterocycles. The SMILES string of the molecule is Cc1cc(N2CC(CS)CC2=O)nc(C)n1. The van der Waals surface area contributed by atoms with E-state index in [1.54, 1.807) is 4.90 Å². The molecule has 1 fully saturated rings. The van der Waals surface area contributed by atoms with E-state index in [-0.39, 0.29) is 5.91 Å². The van der Waals surface area contributed by atoms with Crippen molar-refractivity contribution in [3.63, 3.8) is 0 Å². The van der Waals surface area contributed by atoms with Crippen molar-refractivity contribution in [3.05, 3.63) is 17.6 Å². The van der Waals surface area contributed by atoms with Gasteiger partial charge in [0.05, 0.1) is 0 Å². The molecule has 5 heteroatoms. The first kappa shape index (κ1) is 11.4. The lowest BCUT2D eigenvalue weighted by Crippen LogP contribution is -2.26. The number of hydrogen-bond acceptors (Lipinski definition) is 4. The van der Waals surface area contributed by atoms with E-state index in [9.17, 15) is 4.79 Å². The Kier molecular flexibility index (Phi) is 3.14. The Labute approximate surface area is 100 Å². The van der Waals surface area contributed by atoms with E-state index in [0.717, 1.165) is 23.8 Å². The maximum Gasteiger partial charge on any atom is 0.228 e. The Hall–Kier alpha value is -1.10. The molecule has 1 amide bonds. The molecule has 0 aromatic carbocycles. The molecule has 86 valence electrons. The number of aromatic nitrogens is 2. The van der Waals surface area contributed by atoms with E-state index >= 15 is 0 Å². The average molecular weight is 237 g/mol. The van der Waals surface area contributed by atoms with Crippen molar-refractivity contribution in [1.82, 2.24) is 9.97 Å². The maximum absolute atomic E-state index is 11.8. The first-order valence-corrected chi connectivity index (χ1v) is 5.97. The monoisotopic (exact) mass is 237 g/mol. The zero-order chi connectivity index (χ0) is 11.7. The maximum atomic E-state index is 11.8. The van der Waals surface area contributed by atoms with Crippen LogP contribution in [0.2, 0.25) is 0 Å².